The zero-order valence-corrected chi connectivity index (χ0v) is 16.3. The molecule has 1 amide bonds. The van der Waals surface area contributed by atoms with Crippen molar-refractivity contribution >= 4 is 23.0 Å². The molecule has 2 aromatic rings. The number of hydrogen-bond acceptors (Lipinski definition) is 3. The third-order valence-corrected chi connectivity index (χ3v) is 6.11. The number of carbonyl (C=O) groups is 1. The lowest BCUT2D eigenvalue weighted by Gasteiger charge is -2.26. The van der Waals surface area contributed by atoms with E-state index in [0.29, 0.717) is 12.0 Å². The van der Waals surface area contributed by atoms with E-state index in [1.54, 1.807) is 12.1 Å². The quantitative estimate of drug-likeness (QED) is 0.765. The van der Waals surface area contributed by atoms with E-state index in [4.69, 9.17) is 0 Å². The maximum atomic E-state index is 13.4. The van der Waals surface area contributed by atoms with Gasteiger partial charge < -0.3 is 9.87 Å². The van der Waals surface area contributed by atoms with Gasteiger partial charge in [-0.15, -0.1) is 4.72 Å². The Morgan fingerprint density at radius 1 is 1.19 bits per heavy atom. The molecule has 7 heteroatoms. The fourth-order valence-corrected chi connectivity index (χ4v) is 3.92. The van der Waals surface area contributed by atoms with Crippen LogP contribution in [0.3, 0.4) is 0 Å². The summed E-state index contributed by atoms with van der Waals surface area (Å²) in [6.45, 7) is 5.70. The molecule has 1 aliphatic carbocycles. The maximum Gasteiger partial charge on any atom is 0.255 e. The first-order valence-electron chi connectivity index (χ1n) is 8.73. The highest BCUT2D eigenvalue weighted by molar-refractivity contribution is 7.90. The highest BCUT2D eigenvalue weighted by Gasteiger charge is 2.34. The van der Waals surface area contributed by atoms with Gasteiger partial charge in [-0.05, 0) is 62.9 Å². The summed E-state index contributed by atoms with van der Waals surface area (Å²) < 4.78 is 41.6. The van der Waals surface area contributed by atoms with E-state index in [-0.39, 0.29) is 22.4 Å². The van der Waals surface area contributed by atoms with Crippen molar-refractivity contribution in [3.05, 3.63) is 64.7 Å². The smallest absolute Gasteiger partial charge is 0.255 e. The third kappa shape index (κ3) is 4.31. The highest BCUT2D eigenvalue weighted by Crippen LogP contribution is 2.35. The number of fused-ring (bicyclic) bond motifs is 1. The summed E-state index contributed by atoms with van der Waals surface area (Å²) in [5.41, 5.74) is 2.52. The van der Waals surface area contributed by atoms with Gasteiger partial charge >= 0.3 is 0 Å². The van der Waals surface area contributed by atoms with Crippen LogP contribution in [0, 0.1) is 11.6 Å². The molecule has 0 unspecified atom stereocenters. The topological polar surface area (TPSA) is 64.2 Å². The Bertz CT molecular complexity index is 868. The Labute approximate surface area is 160 Å². The van der Waals surface area contributed by atoms with Crippen LogP contribution < -0.4 is 10.0 Å². The predicted octanol–water partition coefficient (Wildman–Crippen LogP) is 4.26. The molecule has 0 saturated heterocycles. The maximum absolute atomic E-state index is 13.4. The van der Waals surface area contributed by atoms with Crippen LogP contribution in [0.15, 0.2) is 36.4 Å². The van der Waals surface area contributed by atoms with Crippen molar-refractivity contribution in [1.82, 2.24) is 4.72 Å². The normalized spacial score (nSPS) is 17.5. The Morgan fingerprint density at radius 2 is 1.93 bits per heavy atom. The second-order valence-electron chi connectivity index (χ2n) is 7.55. The Hall–Kier alpha value is -1.96. The predicted molar refractivity (Wildman–Crippen MR) is 103 cm³/mol. The van der Waals surface area contributed by atoms with Gasteiger partial charge in [-0.3, -0.25) is 4.79 Å². The van der Waals surface area contributed by atoms with E-state index in [1.165, 1.54) is 6.07 Å². The average molecular weight is 392 g/mol. The number of nitrogens with one attached hydrogen (secondary N) is 2. The molecule has 2 aromatic carbocycles. The molecular weight excluding hydrogens is 370 g/mol. The van der Waals surface area contributed by atoms with Crippen LogP contribution in [-0.4, -0.2) is 15.2 Å². The minimum Gasteiger partial charge on any atom is -0.598 e. The lowest BCUT2D eigenvalue weighted by atomic mass is 10.0. The third-order valence-electron chi connectivity index (χ3n) is 4.50. The summed E-state index contributed by atoms with van der Waals surface area (Å²) in [4.78, 5) is 12.7. The minimum atomic E-state index is -1.22. The molecule has 0 aromatic heterocycles. The summed E-state index contributed by atoms with van der Waals surface area (Å²) in [6.07, 6.45) is 1.42. The lowest BCUT2D eigenvalue weighted by molar-refractivity contribution is 0.102. The van der Waals surface area contributed by atoms with Gasteiger partial charge in [0, 0.05) is 28.7 Å². The van der Waals surface area contributed by atoms with Gasteiger partial charge in [-0.1, -0.05) is 12.1 Å². The molecule has 3 rings (SSSR count). The standard InChI is InChI=1S/C20H22F2N2O2S/c1-20(2,3)27(26)24-18-10-8-13-14(18)5-4-6-15(13)19(25)23-12-7-9-16(21)17(22)11-12/h4-7,9,11,18,24H,8,10H2,1-3H3,(H,23,25)/t18-,27-/m0/s1. The zero-order valence-electron chi connectivity index (χ0n) is 15.4. The first-order chi connectivity index (χ1) is 12.7. The fourth-order valence-electron chi connectivity index (χ4n) is 3.07. The molecule has 0 saturated carbocycles. The minimum absolute atomic E-state index is 0.0870. The Morgan fingerprint density at radius 3 is 2.59 bits per heavy atom. The molecule has 0 fully saturated rings. The Kier molecular flexibility index (Phi) is 5.55. The van der Waals surface area contributed by atoms with Crippen molar-refractivity contribution in [3.8, 4) is 0 Å². The van der Waals surface area contributed by atoms with E-state index in [9.17, 15) is 18.1 Å². The van der Waals surface area contributed by atoms with Crippen molar-refractivity contribution in [3.63, 3.8) is 0 Å². The van der Waals surface area contributed by atoms with Crippen LogP contribution >= 0.6 is 0 Å². The molecule has 0 heterocycles. The average Bonchev–Trinajstić information content (AvgIpc) is 3.00. The van der Waals surface area contributed by atoms with Gasteiger partial charge in [-0.2, -0.15) is 0 Å². The van der Waals surface area contributed by atoms with Crippen LogP contribution in [0.4, 0.5) is 14.5 Å². The summed E-state index contributed by atoms with van der Waals surface area (Å²) >= 11 is -1.22. The van der Waals surface area contributed by atoms with Gasteiger partial charge in [0.2, 0.25) is 0 Å². The first-order valence-corrected chi connectivity index (χ1v) is 9.88. The van der Waals surface area contributed by atoms with Crippen molar-refractivity contribution < 1.29 is 18.1 Å². The molecule has 1 aliphatic rings. The zero-order chi connectivity index (χ0) is 19.8. The largest absolute Gasteiger partial charge is 0.598 e. The number of halogens is 2. The van der Waals surface area contributed by atoms with Crippen LogP contribution in [0.2, 0.25) is 0 Å². The summed E-state index contributed by atoms with van der Waals surface area (Å²) in [7, 11) is 0. The van der Waals surface area contributed by atoms with E-state index >= 15 is 0 Å². The molecule has 0 radical (unpaired) electrons. The van der Waals surface area contributed by atoms with Gasteiger partial charge in [0.05, 0.1) is 6.04 Å². The number of amides is 1. The first kappa shape index (κ1) is 19.8. The van der Waals surface area contributed by atoms with Crippen molar-refractivity contribution in [1.29, 1.82) is 0 Å². The molecule has 0 aliphatic heterocycles. The van der Waals surface area contributed by atoms with E-state index in [0.717, 1.165) is 29.7 Å². The summed E-state index contributed by atoms with van der Waals surface area (Å²) in [5, 5.41) is 2.61. The van der Waals surface area contributed by atoms with Crippen LogP contribution in [-0.2, 0) is 17.8 Å². The molecule has 4 nitrogen and oxygen atoms in total. The van der Waals surface area contributed by atoms with Gasteiger partial charge in [0.1, 0.15) is 4.75 Å². The van der Waals surface area contributed by atoms with E-state index in [1.807, 2.05) is 26.8 Å². The van der Waals surface area contributed by atoms with Crippen LogP contribution in [0.5, 0.6) is 0 Å². The summed E-state index contributed by atoms with van der Waals surface area (Å²) in [5.74, 6) is -2.36. The number of hydrogen-bond donors (Lipinski definition) is 2. The number of anilines is 1. The molecule has 2 atom stereocenters. The van der Waals surface area contributed by atoms with Crippen LogP contribution in [0.1, 0.15) is 54.7 Å². The number of benzene rings is 2. The van der Waals surface area contributed by atoms with Gasteiger partial charge in [0.25, 0.3) is 5.91 Å². The van der Waals surface area contributed by atoms with Gasteiger partial charge in [-0.25, -0.2) is 8.78 Å². The monoisotopic (exact) mass is 392 g/mol. The summed E-state index contributed by atoms with van der Waals surface area (Å²) in [6, 6.07) is 8.56. The molecular formula is C20H22F2N2O2S. The van der Waals surface area contributed by atoms with Crippen molar-refractivity contribution in [2.75, 3.05) is 5.32 Å². The van der Waals surface area contributed by atoms with Crippen molar-refractivity contribution in [2.45, 2.75) is 44.4 Å². The molecule has 0 bridgehead atoms. The number of rotatable bonds is 4. The van der Waals surface area contributed by atoms with Gasteiger partial charge in [0.15, 0.2) is 11.6 Å². The SMILES string of the molecule is CC(C)(C)[S@+]([O-])N[C@H]1CCc2c(C(=O)Nc3ccc(F)c(F)c3)cccc21. The van der Waals surface area contributed by atoms with Crippen molar-refractivity contribution in [2.24, 2.45) is 0 Å². The van der Waals surface area contributed by atoms with E-state index < -0.39 is 23.0 Å². The van der Waals surface area contributed by atoms with E-state index in [2.05, 4.69) is 10.0 Å². The molecule has 27 heavy (non-hydrogen) atoms. The molecule has 0 spiro atoms. The second-order valence-corrected chi connectivity index (χ2v) is 9.54. The second kappa shape index (κ2) is 7.58. The highest BCUT2D eigenvalue weighted by atomic mass is 32.2. The number of carbonyl (C=O) groups excluding carboxylic acids is 1. The Balaban J connectivity index is 1.80. The molecule has 144 valence electrons. The van der Waals surface area contributed by atoms with Crippen LogP contribution in [0.25, 0.3) is 0 Å². The molecule has 2 N–H and O–H groups in total. The lowest BCUT2D eigenvalue weighted by Crippen LogP contribution is -2.40. The fraction of sp³-hybridized carbons (Fsp3) is 0.350.